The van der Waals surface area contributed by atoms with Crippen LogP contribution in [-0.2, 0) is 6.54 Å². The van der Waals surface area contributed by atoms with E-state index in [1.165, 1.54) is 0 Å². The zero-order chi connectivity index (χ0) is 13.8. The molecule has 0 spiro atoms. The van der Waals surface area contributed by atoms with Gasteiger partial charge < -0.3 is 9.32 Å². The van der Waals surface area contributed by atoms with Gasteiger partial charge >= 0.3 is 0 Å². The first-order valence-corrected chi connectivity index (χ1v) is 7.05. The average Bonchev–Trinajstić information content (AvgIpc) is 2.91. The monoisotopic (exact) mass is 341 g/mol. The highest BCUT2D eigenvalue weighted by atomic mass is 79.9. The first-order valence-electron chi connectivity index (χ1n) is 5.88. The standard InChI is InChI=1S/C14H13BrClNO2/c1-2-17(9-11-4-3-7-19-11)14(18)12-8-10(15)5-6-13(12)16/h3-8H,2,9H2,1H3. The highest BCUT2D eigenvalue weighted by Crippen LogP contribution is 2.23. The molecule has 1 amide bonds. The van der Waals surface area contributed by atoms with Gasteiger partial charge in [0.05, 0.1) is 23.4 Å². The molecule has 0 radical (unpaired) electrons. The lowest BCUT2D eigenvalue weighted by Crippen LogP contribution is -2.30. The highest BCUT2D eigenvalue weighted by molar-refractivity contribution is 9.10. The molecule has 0 saturated carbocycles. The van der Waals surface area contributed by atoms with Crippen molar-refractivity contribution in [2.75, 3.05) is 6.54 Å². The number of nitrogens with zero attached hydrogens (tertiary/aromatic N) is 1. The minimum atomic E-state index is -0.106. The van der Waals surface area contributed by atoms with Crippen LogP contribution in [0.2, 0.25) is 5.02 Å². The zero-order valence-corrected chi connectivity index (χ0v) is 12.7. The number of hydrogen-bond acceptors (Lipinski definition) is 2. The minimum Gasteiger partial charge on any atom is -0.467 e. The van der Waals surface area contributed by atoms with E-state index < -0.39 is 0 Å². The van der Waals surface area contributed by atoms with Crippen LogP contribution in [0.4, 0.5) is 0 Å². The van der Waals surface area contributed by atoms with Gasteiger partial charge in [-0.2, -0.15) is 0 Å². The summed E-state index contributed by atoms with van der Waals surface area (Å²) in [4.78, 5) is 14.1. The van der Waals surface area contributed by atoms with Gasteiger partial charge in [-0.15, -0.1) is 0 Å². The van der Waals surface area contributed by atoms with E-state index in [9.17, 15) is 4.79 Å². The third-order valence-corrected chi connectivity index (χ3v) is 3.58. The second-order valence-electron chi connectivity index (χ2n) is 4.02. The van der Waals surface area contributed by atoms with Crippen molar-refractivity contribution in [3.63, 3.8) is 0 Å². The van der Waals surface area contributed by atoms with Crippen molar-refractivity contribution in [2.45, 2.75) is 13.5 Å². The third-order valence-electron chi connectivity index (χ3n) is 2.75. The van der Waals surface area contributed by atoms with Crippen LogP contribution < -0.4 is 0 Å². The first kappa shape index (κ1) is 14.2. The lowest BCUT2D eigenvalue weighted by molar-refractivity contribution is 0.0741. The molecule has 1 aromatic heterocycles. The van der Waals surface area contributed by atoms with Gasteiger partial charge in [0.2, 0.25) is 0 Å². The smallest absolute Gasteiger partial charge is 0.255 e. The zero-order valence-electron chi connectivity index (χ0n) is 10.4. The molecule has 0 aliphatic carbocycles. The molecular weight excluding hydrogens is 330 g/mol. The second-order valence-corrected chi connectivity index (χ2v) is 5.35. The van der Waals surface area contributed by atoms with Crippen molar-refractivity contribution < 1.29 is 9.21 Å². The van der Waals surface area contributed by atoms with Gasteiger partial charge in [-0.3, -0.25) is 4.79 Å². The summed E-state index contributed by atoms with van der Waals surface area (Å²) in [6.07, 6.45) is 1.60. The van der Waals surface area contributed by atoms with E-state index in [4.69, 9.17) is 16.0 Å². The van der Waals surface area contributed by atoms with Crippen molar-refractivity contribution in [2.24, 2.45) is 0 Å². The predicted molar refractivity (Wildman–Crippen MR) is 78.3 cm³/mol. The molecule has 1 aromatic carbocycles. The van der Waals surface area contributed by atoms with Crippen molar-refractivity contribution in [3.8, 4) is 0 Å². The Balaban J connectivity index is 2.23. The molecule has 0 unspecified atom stereocenters. The summed E-state index contributed by atoms with van der Waals surface area (Å²) in [5.74, 6) is 0.645. The number of rotatable bonds is 4. The average molecular weight is 343 g/mol. The Labute approximate surface area is 125 Å². The number of hydrogen-bond donors (Lipinski definition) is 0. The molecule has 5 heteroatoms. The topological polar surface area (TPSA) is 33.5 Å². The van der Waals surface area contributed by atoms with Gasteiger partial charge in [0.25, 0.3) is 5.91 Å². The van der Waals surface area contributed by atoms with Crippen LogP contribution in [0.15, 0.2) is 45.5 Å². The van der Waals surface area contributed by atoms with Gasteiger partial charge in [-0.1, -0.05) is 27.5 Å². The number of halogens is 2. The van der Waals surface area contributed by atoms with Crippen LogP contribution in [0.5, 0.6) is 0 Å². The molecule has 0 N–H and O–H groups in total. The summed E-state index contributed by atoms with van der Waals surface area (Å²) < 4.78 is 6.10. The summed E-state index contributed by atoms with van der Waals surface area (Å²) >= 11 is 9.43. The molecule has 0 fully saturated rings. The number of amides is 1. The van der Waals surface area contributed by atoms with Crippen LogP contribution in [0.3, 0.4) is 0 Å². The number of benzene rings is 1. The summed E-state index contributed by atoms with van der Waals surface area (Å²) in [5, 5.41) is 0.450. The van der Waals surface area contributed by atoms with E-state index >= 15 is 0 Å². The van der Waals surface area contributed by atoms with E-state index in [0.717, 1.165) is 10.2 Å². The van der Waals surface area contributed by atoms with Crippen molar-refractivity contribution in [3.05, 3.63) is 57.4 Å². The molecule has 2 aromatic rings. The van der Waals surface area contributed by atoms with Gasteiger partial charge in [0, 0.05) is 11.0 Å². The largest absolute Gasteiger partial charge is 0.467 e. The van der Waals surface area contributed by atoms with Crippen molar-refractivity contribution in [1.29, 1.82) is 0 Å². The molecule has 19 heavy (non-hydrogen) atoms. The minimum absolute atomic E-state index is 0.106. The Morgan fingerprint density at radius 3 is 2.84 bits per heavy atom. The SMILES string of the molecule is CCN(Cc1ccco1)C(=O)c1cc(Br)ccc1Cl. The molecule has 0 aliphatic rings. The Morgan fingerprint density at radius 1 is 1.42 bits per heavy atom. The first-order chi connectivity index (χ1) is 9.11. The molecule has 1 heterocycles. The third kappa shape index (κ3) is 3.39. The summed E-state index contributed by atoms with van der Waals surface area (Å²) in [6, 6.07) is 8.90. The van der Waals surface area contributed by atoms with E-state index in [1.807, 2.05) is 19.1 Å². The van der Waals surface area contributed by atoms with Gasteiger partial charge in [0.15, 0.2) is 0 Å². The second kappa shape index (κ2) is 6.26. The number of carbonyl (C=O) groups excluding carboxylic acids is 1. The quantitative estimate of drug-likeness (QED) is 0.827. The molecular formula is C14H13BrClNO2. The van der Waals surface area contributed by atoms with Gasteiger partial charge in [-0.05, 0) is 37.3 Å². The molecule has 0 aliphatic heterocycles. The van der Waals surface area contributed by atoms with E-state index in [0.29, 0.717) is 23.7 Å². The number of carbonyl (C=O) groups is 1. The van der Waals surface area contributed by atoms with Crippen molar-refractivity contribution >= 4 is 33.4 Å². The maximum absolute atomic E-state index is 12.5. The van der Waals surface area contributed by atoms with Gasteiger partial charge in [0.1, 0.15) is 5.76 Å². The fraction of sp³-hybridized carbons (Fsp3) is 0.214. The lowest BCUT2D eigenvalue weighted by atomic mass is 10.2. The Hall–Kier alpha value is -1.26. The molecule has 3 nitrogen and oxygen atoms in total. The summed E-state index contributed by atoms with van der Waals surface area (Å²) in [6.45, 7) is 2.94. The van der Waals surface area contributed by atoms with Crippen LogP contribution >= 0.6 is 27.5 Å². The molecule has 100 valence electrons. The molecule has 2 rings (SSSR count). The van der Waals surface area contributed by atoms with E-state index in [1.54, 1.807) is 29.4 Å². The Morgan fingerprint density at radius 2 is 2.21 bits per heavy atom. The normalized spacial score (nSPS) is 10.5. The lowest BCUT2D eigenvalue weighted by Gasteiger charge is -2.20. The molecule has 0 saturated heterocycles. The Kier molecular flexibility index (Phi) is 4.66. The summed E-state index contributed by atoms with van der Waals surface area (Å²) in [7, 11) is 0. The highest BCUT2D eigenvalue weighted by Gasteiger charge is 2.18. The van der Waals surface area contributed by atoms with Crippen LogP contribution in [0, 0.1) is 0 Å². The van der Waals surface area contributed by atoms with Crippen LogP contribution in [0.1, 0.15) is 23.0 Å². The molecule has 0 atom stereocenters. The maximum Gasteiger partial charge on any atom is 0.255 e. The summed E-state index contributed by atoms with van der Waals surface area (Å²) in [5.41, 5.74) is 0.490. The maximum atomic E-state index is 12.5. The van der Waals surface area contributed by atoms with Crippen LogP contribution in [0.25, 0.3) is 0 Å². The fourth-order valence-electron chi connectivity index (χ4n) is 1.75. The van der Waals surface area contributed by atoms with E-state index in [2.05, 4.69) is 15.9 Å². The number of furan rings is 1. The van der Waals surface area contributed by atoms with Crippen molar-refractivity contribution in [1.82, 2.24) is 4.90 Å². The van der Waals surface area contributed by atoms with E-state index in [-0.39, 0.29) is 5.91 Å². The van der Waals surface area contributed by atoms with Crippen LogP contribution in [-0.4, -0.2) is 17.4 Å². The predicted octanol–water partition coefficient (Wildman–Crippen LogP) is 4.36. The fourth-order valence-corrected chi connectivity index (χ4v) is 2.31. The van der Waals surface area contributed by atoms with Gasteiger partial charge in [-0.25, -0.2) is 0 Å². The molecule has 0 bridgehead atoms. The Bertz CT molecular complexity index is 569.